The van der Waals surface area contributed by atoms with E-state index in [1.807, 2.05) is 37.3 Å². The number of H-pyrrole nitrogens is 1. The van der Waals surface area contributed by atoms with Crippen LogP contribution in [0.15, 0.2) is 47.0 Å². The highest BCUT2D eigenvalue weighted by molar-refractivity contribution is 5.78. The van der Waals surface area contributed by atoms with Gasteiger partial charge in [-0.15, -0.1) is 0 Å². The highest BCUT2D eigenvalue weighted by Crippen LogP contribution is 2.31. The minimum Gasteiger partial charge on any atom is -0.459 e. The van der Waals surface area contributed by atoms with E-state index in [0.717, 1.165) is 16.7 Å². The molecule has 2 amide bonds. The Hall–Kier alpha value is -2.80. The first-order valence-corrected chi connectivity index (χ1v) is 8.81. The van der Waals surface area contributed by atoms with Crippen LogP contribution < -0.4 is 5.32 Å². The van der Waals surface area contributed by atoms with Gasteiger partial charge in [-0.2, -0.15) is 5.10 Å². The Morgan fingerprint density at radius 2 is 2.12 bits per heavy atom. The Kier molecular flexibility index (Phi) is 4.16. The minimum absolute atomic E-state index is 0.149. The van der Waals surface area contributed by atoms with Crippen molar-refractivity contribution in [1.82, 2.24) is 20.4 Å². The number of hydrogen-bond donors (Lipinski definition) is 3. The quantitative estimate of drug-likeness (QED) is 0.674. The summed E-state index contributed by atoms with van der Waals surface area (Å²) >= 11 is 0. The Balaban J connectivity index is 1.38. The van der Waals surface area contributed by atoms with E-state index >= 15 is 0 Å². The lowest BCUT2D eigenvalue weighted by atomic mass is 9.88. The number of furan rings is 1. The summed E-state index contributed by atoms with van der Waals surface area (Å²) in [6.07, 6.45) is 2.57. The van der Waals surface area contributed by atoms with Gasteiger partial charge in [-0.1, -0.05) is 18.2 Å². The molecule has 1 atom stereocenters. The number of piperidine rings is 1. The lowest BCUT2D eigenvalue weighted by Crippen LogP contribution is -2.49. The number of aliphatic hydroxyl groups is 1. The van der Waals surface area contributed by atoms with Crippen LogP contribution in [0.5, 0.6) is 0 Å². The van der Waals surface area contributed by atoms with E-state index < -0.39 is 5.60 Å². The molecule has 3 aromatic rings. The van der Waals surface area contributed by atoms with Crippen molar-refractivity contribution in [3.05, 3.63) is 54.0 Å². The molecule has 1 aliphatic heterocycles. The first kappa shape index (κ1) is 16.7. The molecule has 0 unspecified atom stereocenters. The summed E-state index contributed by atoms with van der Waals surface area (Å²) in [7, 11) is 0. The van der Waals surface area contributed by atoms with Gasteiger partial charge in [0.05, 0.1) is 11.7 Å². The fraction of sp³-hybridized carbons (Fsp3) is 0.368. The maximum atomic E-state index is 12.6. The van der Waals surface area contributed by atoms with Gasteiger partial charge in [0.15, 0.2) is 0 Å². The van der Waals surface area contributed by atoms with Crippen LogP contribution >= 0.6 is 0 Å². The van der Waals surface area contributed by atoms with Crippen LogP contribution in [0.25, 0.3) is 11.0 Å². The molecule has 3 N–H and O–H groups in total. The number of aromatic amines is 1. The molecule has 0 aliphatic carbocycles. The number of nitrogens with zero attached hydrogens (tertiary/aromatic N) is 2. The molecule has 1 fully saturated rings. The third-order valence-electron chi connectivity index (χ3n) is 5.09. The summed E-state index contributed by atoms with van der Waals surface area (Å²) in [6.45, 7) is 2.86. The zero-order valence-corrected chi connectivity index (χ0v) is 14.6. The zero-order valence-electron chi connectivity index (χ0n) is 14.6. The predicted octanol–water partition coefficient (Wildman–Crippen LogP) is 2.91. The highest BCUT2D eigenvalue weighted by atomic mass is 16.3. The van der Waals surface area contributed by atoms with E-state index in [0.29, 0.717) is 31.6 Å². The fourth-order valence-electron chi connectivity index (χ4n) is 3.43. The summed E-state index contributed by atoms with van der Waals surface area (Å²) in [5.41, 5.74) is 0.567. The van der Waals surface area contributed by atoms with Gasteiger partial charge in [0, 0.05) is 24.7 Å². The molecule has 136 valence electrons. The molecule has 26 heavy (non-hydrogen) atoms. The predicted molar refractivity (Wildman–Crippen MR) is 96.5 cm³/mol. The van der Waals surface area contributed by atoms with Crippen molar-refractivity contribution in [3.63, 3.8) is 0 Å². The SMILES string of the molecule is C[C@@H](NC(=O)N1CCC(O)(c2ccn[nH]2)CC1)c1cc2ccccc2o1. The molecule has 1 aromatic carbocycles. The van der Waals surface area contributed by atoms with Crippen LogP contribution in [0.4, 0.5) is 4.79 Å². The number of amides is 2. The maximum Gasteiger partial charge on any atom is 0.317 e. The van der Waals surface area contributed by atoms with Gasteiger partial charge in [-0.25, -0.2) is 4.79 Å². The van der Waals surface area contributed by atoms with Crippen molar-refractivity contribution < 1.29 is 14.3 Å². The monoisotopic (exact) mass is 354 g/mol. The van der Waals surface area contributed by atoms with Crippen LogP contribution in [0, 0.1) is 0 Å². The van der Waals surface area contributed by atoms with E-state index in [9.17, 15) is 9.90 Å². The van der Waals surface area contributed by atoms with Gasteiger partial charge < -0.3 is 19.7 Å². The molecule has 4 rings (SSSR count). The third kappa shape index (κ3) is 3.06. The molecule has 2 aromatic heterocycles. The Labute approximate surface area is 151 Å². The van der Waals surface area contributed by atoms with Crippen LogP contribution in [-0.4, -0.2) is 39.3 Å². The van der Waals surface area contributed by atoms with Gasteiger partial charge in [0.25, 0.3) is 0 Å². The number of nitrogens with one attached hydrogen (secondary N) is 2. The van der Waals surface area contributed by atoms with E-state index in [1.54, 1.807) is 17.2 Å². The number of carbonyl (C=O) groups is 1. The van der Waals surface area contributed by atoms with Crippen molar-refractivity contribution >= 4 is 17.0 Å². The van der Waals surface area contributed by atoms with E-state index in [4.69, 9.17) is 4.42 Å². The summed E-state index contributed by atoms with van der Waals surface area (Å²) in [4.78, 5) is 14.3. The smallest absolute Gasteiger partial charge is 0.317 e. The van der Waals surface area contributed by atoms with Crippen molar-refractivity contribution in [2.24, 2.45) is 0 Å². The standard InChI is InChI=1S/C19H22N4O3/c1-13(16-12-14-4-2-3-5-15(14)26-16)21-18(24)23-10-7-19(25,8-11-23)17-6-9-20-22-17/h2-6,9,12-13,25H,7-8,10-11H2,1H3,(H,20,22)(H,21,24)/t13-/m1/s1. The van der Waals surface area contributed by atoms with Crippen molar-refractivity contribution in [3.8, 4) is 0 Å². The first-order valence-electron chi connectivity index (χ1n) is 8.81. The molecule has 1 saturated heterocycles. The fourth-order valence-corrected chi connectivity index (χ4v) is 3.43. The number of fused-ring (bicyclic) bond motifs is 1. The summed E-state index contributed by atoms with van der Waals surface area (Å²) in [5, 5.41) is 21.5. The molecule has 0 spiro atoms. The second-order valence-electron chi connectivity index (χ2n) is 6.85. The Morgan fingerprint density at radius 3 is 2.81 bits per heavy atom. The van der Waals surface area contributed by atoms with Gasteiger partial charge in [-0.05, 0) is 38.0 Å². The molecular formula is C19H22N4O3. The summed E-state index contributed by atoms with van der Waals surface area (Å²) in [5.74, 6) is 0.727. The second kappa shape index (κ2) is 6.49. The highest BCUT2D eigenvalue weighted by Gasteiger charge is 2.36. The number of hydrogen-bond acceptors (Lipinski definition) is 4. The van der Waals surface area contributed by atoms with Crippen molar-refractivity contribution in [1.29, 1.82) is 0 Å². The molecule has 7 nitrogen and oxygen atoms in total. The Bertz CT molecular complexity index is 862. The topological polar surface area (TPSA) is 94.4 Å². The maximum absolute atomic E-state index is 12.6. The first-order chi connectivity index (χ1) is 12.5. The average Bonchev–Trinajstić information content (AvgIpc) is 3.32. The number of likely N-dealkylation sites (tertiary alicyclic amines) is 1. The normalized spacial score (nSPS) is 18.0. The van der Waals surface area contributed by atoms with E-state index in [2.05, 4.69) is 15.5 Å². The van der Waals surface area contributed by atoms with Crippen LogP contribution in [0.3, 0.4) is 0 Å². The minimum atomic E-state index is -0.947. The van der Waals surface area contributed by atoms with Crippen molar-refractivity contribution in [2.45, 2.75) is 31.4 Å². The lowest BCUT2D eigenvalue weighted by Gasteiger charge is -2.37. The van der Waals surface area contributed by atoms with E-state index in [1.165, 1.54) is 0 Å². The number of benzene rings is 1. The number of urea groups is 1. The number of para-hydroxylation sites is 1. The van der Waals surface area contributed by atoms with Crippen molar-refractivity contribution in [2.75, 3.05) is 13.1 Å². The molecular weight excluding hydrogens is 332 g/mol. The van der Waals surface area contributed by atoms with Gasteiger partial charge in [0.2, 0.25) is 0 Å². The average molecular weight is 354 g/mol. The number of rotatable bonds is 3. The molecule has 7 heteroatoms. The molecule has 0 radical (unpaired) electrons. The zero-order chi connectivity index (χ0) is 18.1. The lowest BCUT2D eigenvalue weighted by molar-refractivity contribution is -0.0205. The van der Waals surface area contributed by atoms with Crippen LogP contribution in [-0.2, 0) is 5.60 Å². The van der Waals surface area contributed by atoms with Crippen LogP contribution in [0.1, 0.15) is 37.3 Å². The summed E-state index contributed by atoms with van der Waals surface area (Å²) in [6, 6.07) is 11.1. The van der Waals surface area contributed by atoms with Gasteiger partial charge >= 0.3 is 6.03 Å². The van der Waals surface area contributed by atoms with Gasteiger partial charge in [-0.3, -0.25) is 5.10 Å². The molecule has 0 bridgehead atoms. The largest absolute Gasteiger partial charge is 0.459 e. The second-order valence-corrected chi connectivity index (χ2v) is 6.85. The van der Waals surface area contributed by atoms with Crippen LogP contribution in [0.2, 0.25) is 0 Å². The summed E-state index contributed by atoms with van der Waals surface area (Å²) < 4.78 is 5.82. The van der Waals surface area contributed by atoms with Gasteiger partial charge in [0.1, 0.15) is 16.9 Å². The molecule has 0 saturated carbocycles. The molecule has 3 heterocycles. The van der Waals surface area contributed by atoms with E-state index in [-0.39, 0.29) is 12.1 Å². The Morgan fingerprint density at radius 1 is 1.35 bits per heavy atom. The third-order valence-corrected chi connectivity index (χ3v) is 5.09. The number of carbonyl (C=O) groups excluding carboxylic acids is 1. The molecule has 1 aliphatic rings. The number of aromatic nitrogens is 2.